The Morgan fingerprint density at radius 2 is 1.85 bits per heavy atom. The van der Waals surface area contributed by atoms with Crippen molar-refractivity contribution in [2.45, 2.75) is 26.5 Å². The molecule has 2 unspecified atom stereocenters. The zero-order valence-electron chi connectivity index (χ0n) is 13.9. The summed E-state index contributed by atoms with van der Waals surface area (Å²) in [6.45, 7) is 6.82. The molecule has 1 amide bonds. The van der Waals surface area contributed by atoms with Gasteiger partial charge in [0.05, 0.1) is 21.5 Å². The number of nitro groups is 2. The molecule has 140 valence electrons. The second kappa shape index (κ2) is 8.56. The molecule has 0 spiro atoms. The van der Waals surface area contributed by atoms with E-state index in [1.54, 1.807) is 13.8 Å². The molecule has 2 N–H and O–H groups in total. The number of nitro benzene ring substituents is 2. The maximum absolute atomic E-state index is 12.4. The van der Waals surface area contributed by atoms with Crippen LogP contribution in [0.25, 0.3) is 0 Å². The first-order valence-electron chi connectivity index (χ1n) is 7.16. The van der Waals surface area contributed by atoms with Crippen LogP contribution in [0, 0.1) is 25.6 Å². The highest BCUT2D eigenvalue weighted by atomic mass is 31.1. The topological polar surface area (TPSA) is 162 Å². The smallest absolute Gasteiger partial charge is 0.322 e. The normalized spacial score (nSPS) is 12.8. The Balaban J connectivity index is 3.23. The van der Waals surface area contributed by atoms with E-state index in [-0.39, 0.29) is 5.56 Å². The van der Waals surface area contributed by atoms with Gasteiger partial charge in [-0.25, -0.2) is 0 Å². The zero-order valence-corrected chi connectivity index (χ0v) is 14.8. The third-order valence-electron chi connectivity index (χ3n) is 3.42. The molecule has 26 heavy (non-hydrogen) atoms. The average molecular weight is 386 g/mol. The van der Waals surface area contributed by atoms with Crippen molar-refractivity contribution in [3.63, 3.8) is 0 Å². The van der Waals surface area contributed by atoms with Gasteiger partial charge in [-0.3, -0.25) is 25.0 Å². The van der Waals surface area contributed by atoms with Crippen LogP contribution >= 0.6 is 8.25 Å². The summed E-state index contributed by atoms with van der Waals surface area (Å²) >= 11 is 0. The lowest BCUT2D eigenvalue weighted by molar-refractivity contribution is -0.394. The van der Waals surface area contributed by atoms with Crippen LogP contribution in [0.2, 0.25) is 0 Å². The van der Waals surface area contributed by atoms with E-state index in [0.717, 1.165) is 18.2 Å². The summed E-state index contributed by atoms with van der Waals surface area (Å²) in [5.41, 5.74) is -2.49. The van der Waals surface area contributed by atoms with Crippen LogP contribution in [0.4, 0.5) is 11.4 Å². The molecular weight excluding hydrogens is 369 g/mol. The van der Waals surface area contributed by atoms with Crippen molar-refractivity contribution < 1.29 is 28.6 Å². The molecule has 1 aromatic carbocycles. The Morgan fingerprint density at radius 3 is 2.23 bits per heavy atom. The summed E-state index contributed by atoms with van der Waals surface area (Å²) in [5.74, 6) is -0.934. The Bertz CT molecular complexity index is 732. The molecule has 1 aromatic rings. The molecule has 0 bridgehead atoms. The summed E-state index contributed by atoms with van der Waals surface area (Å²) in [6.07, 6.45) is 0.571. The lowest BCUT2D eigenvalue weighted by Gasteiger charge is -2.29. The number of rotatable bonds is 9. The quantitative estimate of drug-likeness (QED) is 0.215. The minimum Gasteiger partial charge on any atom is -0.322 e. The van der Waals surface area contributed by atoms with Gasteiger partial charge >= 0.3 is 8.25 Å². The van der Waals surface area contributed by atoms with Crippen molar-refractivity contribution in [3.8, 4) is 0 Å². The predicted octanol–water partition coefficient (Wildman–Crippen LogP) is 2.83. The maximum Gasteiger partial charge on any atom is 0.696 e. The van der Waals surface area contributed by atoms with Gasteiger partial charge in [-0.05, 0) is 6.42 Å². The Labute approximate surface area is 148 Å². The monoisotopic (exact) mass is 386 g/mol. The summed E-state index contributed by atoms with van der Waals surface area (Å²) in [5, 5.41) is 24.1. The second-order valence-electron chi connectivity index (χ2n) is 5.93. The van der Waals surface area contributed by atoms with Crippen LogP contribution in [-0.4, -0.2) is 26.9 Å². The van der Waals surface area contributed by atoms with Crippen LogP contribution in [0.15, 0.2) is 30.9 Å². The van der Waals surface area contributed by atoms with E-state index in [1.807, 2.05) is 0 Å². The number of nitrogens with zero attached hydrogens (tertiary/aromatic N) is 2. The highest BCUT2D eigenvalue weighted by Gasteiger charge is 2.38. The lowest BCUT2D eigenvalue weighted by atomic mass is 9.87. The van der Waals surface area contributed by atoms with Crippen LogP contribution < -0.4 is 5.32 Å². The van der Waals surface area contributed by atoms with E-state index in [2.05, 4.69) is 11.9 Å². The second-order valence-corrected chi connectivity index (χ2v) is 6.62. The summed E-state index contributed by atoms with van der Waals surface area (Å²) < 4.78 is 15.9. The molecule has 0 fully saturated rings. The molecule has 0 aromatic heterocycles. The summed E-state index contributed by atoms with van der Waals surface area (Å²) in [7, 11) is -3.06. The zero-order chi connectivity index (χ0) is 20.1. The van der Waals surface area contributed by atoms with Gasteiger partial charge in [0.15, 0.2) is 6.23 Å². The SMILES string of the molecule is C=CCC(C)(C)C(NC(=O)c1cc([N+](=O)[O-])cc([N+](=O)[O-])c1)O[P+](=O)O. The Kier molecular flexibility index (Phi) is 7.01. The van der Waals surface area contributed by atoms with E-state index in [1.165, 1.54) is 6.08 Å². The molecule has 0 aliphatic rings. The standard InChI is InChI=1S/C14H16N3O8P/c1-4-5-14(2,3)13(25-26(23)24)15-12(18)9-6-10(16(19)20)8-11(7-9)17(21)22/h4,6-8,13H,1,5H2,2-3H3,(H-,15,18,23,24)/p+1. The number of amides is 1. The first-order valence-corrected chi connectivity index (χ1v) is 8.29. The molecule has 12 heteroatoms. The number of allylic oxidation sites excluding steroid dienone is 1. The van der Waals surface area contributed by atoms with Gasteiger partial charge in [-0.1, -0.05) is 24.4 Å². The lowest BCUT2D eigenvalue weighted by Crippen LogP contribution is -2.45. The molecule has 2 atom stereocenters. The molecule has 0 radical (unpaired) electrons. The summed E-state index contributed by atoms with van der Waals surface area (Å²) in [4.78, 5) is 41.5. The van der Waals surface area contributed by atoms with Crippen LogP contribution in [0.3, 0.4) is 0 Å². The number of carbonyl (C=O) groups is 1. The molecule has 11 nitrogen and oxygen atoms in total. The van der Waals surface area contributed by atoms with Gasteiger partial charge in [-0.2, -0.15) is 0 Å². The maximum atomic E-state index is 12.4. The highest BCUT2D eigenvalue weighted by Crippen LogP contribution is 2.33. The van der Waals surface area contributed by atoms with E-state index in [4.69, 9.17) is 9.42 Å². The van der Waals surface area contributed by atoms with Gasteiger partial charge in [0.2, 0.25) is 0 Å². The third kappa shape index (κ3) is 5.66. The largest absolute Gasteiger partial charge is 0.696 e. The van der Waals surface area contributed by atoms with E-state index in [9.17, 15) is 29.6 Å². The van der Waals surface area contributed by atoms with E-state index in [0.29, 0.717) is 6.42 Å². The van der Waals surface area contributed by atoms with Crippen molar-refractivity contribution >= 4 is 25.5 Å². The van der Waals surface area contributed by atoms with Crippen LogP contribution in [0.1, 0.15) is 30.6 Å². The Morgan fingerprint density at radius 1 is 1.35 bits per heavy atom. The van der Waals surface area contributed by atoms with Gasteiger partial charge < -0.3 is 5.32 Å². The average Bonchev–Trinajstić information content (AvgIpc) is 2.53. The minimum atomic E-state index is -3.06. The number of benzene rings is 1. The number of carbonyl (C=O) groups excluding carboxylic acids is 1. The van der Waals surface area contributed by atoms with Crippen molar-refractivity contribution in [1.82, 2.24) is 5.32 Å². The molecule has 1 rings (SSSR count). The van der Waals surface area contributed by atoms with E-state index < -0.39 is 47.0 Å². The predicted molar refractivity (Wildman–Crippen MR) is 90.5 cm³/mol. The number of nitrogens with one attached hydrogen (secondary N) is 1. The number of non-ortho nitro benzene ring substituents is 2. The molecular formula is C14H17N3O8P+. The fourth-order valence-electron chi connectivity index (χ4n) is 2.07. The first kappa shape index (κ1) is 21.3. The van der Waals surface area contributed by atoms with E-state index >= 15 is 0 Å². The van der Waals surface area contributed by atoms with Gasteiger partial charge in [-0.15, -0.1) is 11.5 Å². The van der Waals surface area contributed by atoms with Crippen molar-refractivity contribution in [3.05, 3.63) is 56.6 Å². The number of hydrogen-bond donors (Lipinski definition) is 2. The van der Waals surface area contributed by atoms with Crippen molar-refractivity contribution in [2.24, 2.45) is 5.41 Å². The third-order valence-corrected chi connectivity index (χ3v) is 3.82. The summed E-state index contributed by atoms with van der Waals surface area (Å²) in [6, 6.07) is 2.44. The Hall–Kier alpha value is -2.75. The minimum absolute atomic E-state index is 0.302. The van der Waals surface area contributed by atoms with Crippen LogP contribution in [-0.2, 0) is 9.09 Å². The van der Waals surface area contributed by atoms with Gasteiger partial charge in [0.1, 0.15) is 0 Å². The van der Waals surface area contributed by atoms with Crippen LogP contribution in [0.5, 0.6) is 0 Å². The van der Waals surface area contributed by atoms with Gasteiger partial charge in [0.25, 0.3) is 17.3 Å². The number of hydrogen-bond acceptors (Lipinski definition) is 7. The molecule has 0 heterocycles. The fourth-order valence-corrected chi connectivity index (χ4v) is 2.59. The molecule has 0 aliphatic carbocycles. The first-order chi connectivity index (χ1) is 12.0. The van der Waals surface area contributed by atoms with Crippen molar-refractivity contribution in [1.29, 1.82) is 0 Å². The highest BCUT2D eigenvalue weighted by molar-refractivity contribution is 7.32. The van der Waals surface area contributed by atoms with Crippen molar-refractivity contribution in [2.75, 3.05) is 0 Å². The molecule has 0 saturated heterocycles. The molecule has 0 saturated carbocycles. The molecule has 0 aliphatic heterocycles. The van der Waals surface area contributed by atoms with Gasteiger partial charge in [0, 0.05) is 22.1 Å². The fraction of sp³-hybridized carbons (Fsp3) is 0.357.